The molecule has 0 amide bonds. The van der Waals surface area contributed by atoms with Gasteiger partial charge in [-0.25, -0.2) is 4.98 Å². The first-order chi connectivity index (χ1) is 8.63. The highest BCUT2D eigenvalue weighted by Gasteiger charge is 2.27. The van der Waals surface area contributed by atoms with Crippen LogP contribution in [0.15, 0.2) is 12.1 Å². The van der Waals surface area contributed by atoms with Crippen molar-refractivity contribution < 1.29 is 4.74 Å². The number of aryl methyl sites for hydroxylation is 1. The molecule has 0 bridgehead atoms. The third-order valence-electron chi connectivity index (χ3n) is 3.88. The van der Waals surface area contributed by atoms with Crippen LogP contribution in [-0.4, -0.2) is 29.6 Å². The number of rotatable bonds is 3. The molecule has 18 heavy (non-hydrogen) atoms. The third kappa shape index (κ3) is 2.66. The minimum atomic E-state index is 0.525. The van der Waals surface area contributed by atoms with Gasteiger partial charge < -0.3 is 4.74 Å². The molecular weight excluding hydrogens is 224 g/mol. The fraction of sp³-hybridized carbons (Fsp3) is 0.667. The van der Waals surface area contributed by atoms with Gasteiger partial charge in [0.1, 0.15) is 0 Å². The van der Waals surface area contributed by atoms with Crippen molar-refractivity contribution >= 4 is 0 Å². The Labute approximate surface area is 110 Å². The largest absolute Gasteiger partial charge is 0.481 e. The van der Waals surface area contributed by atoms with Gasteiger partial charge >= 0.3 is 0 Å². The maximum Gasteiger partial charge on any atom is 0.213 e. The molecule has 0 radical (unpaired) electrons. The summed E-state index contributed by atoms with van der Waals surface area (Å²) in [6.45, 7) is 7.86. The van der Waals surface area contributed by atoms with Gasteiger partial charge in [0, 0.05) is 23.8 Å². The van der Waals surface area contributed by atoms with Gasteiger partial charge in [-0.2, -0.15) is 0 Å². The third-order valence-corrected chi connectivity index (χ3v) is 3.88. The number of methoxy groups -OCH3 is 1. The molecule has 0 aromatic carbocycles. The fourth-order valence-corrected chi connectivity index (χ4v) is 2.92. The number of ether oxygens (including phenoxy) is 1. The average Bonchev–Trinajstić information content (AvgIpc) is 2.38. The van der Waals surface area contributed by atoms with E-state index in [9.17, 15) is 0 Å². The Morgan fingerprint density at radius 2 is 2.11 bits per heavy atom. The highest BCUT2D eigenvalue weighted by Crippen LogP contribution is 2.34. The summed E-state index contributed by atoms with van der Waals surface area (Å²) in [5.41, 5.74) is 2.47. The van der Waals surface area contributed by atoms with Crippen molar-refractivity contribution in [3.8, 4) is 5.88 Å². The van der Waals surface area contributed by atoms with Gasteiger partial charge in [0.15, 0.2) is 0 Å². The molecular formula is C15H24N2O. The van der Waals surface area contributed by atoms with Crippen molar-refractivity contribution in [3.05, 3.63) is 23.4 Å². The van der Waals surface area contributed by atoms with Crippen LogP contribution in [0.2, 0.25) is 0 Å². The number of aromatic nitrogens is 1. The predicted octanol–water partition coefficient (Wildman–Crippen LogP) is 3.33. The van der Waals surface area contributed by atoms with Gasteiger partial charge in [-0.3, -0.25) is 4.90 Å². The van der Waals surface area contributed by atoms with E-state index < -0.39 is 0 Å². The number of piperidine rings is 1. The van der Waals surface area contributed by atoms with E-state index in [0.29, 0.717) is 18.0 Å². The van der Waals surface area contributed by atoms with Gasteiger partial charge in [0.2, 0.25) is 5.88 Å². The van der Waals surface area contributed by atoms with Crippen molar-refractivity contribution in [1.82, 2.24) is 9.88 Å². The van der Waals surface area contributed by atoms with Gasteiger partial charge in [-0.1, -0.05) is 12.5 Å². The van der Waals surface area contributed by atoms with E-state index in [2.05, 4.69) is 36.7 Å². The molecule has 1 aromatic heterocycles. The molecule has 0 saturated carbocycles. The van der Waals surface area contributed by atoms with Gasteiger partial charge in [0.25, 0.3) is 0 Å². The molecule has 1 aliphatic heterocycles. The Bertz CT molecular complexity index is 403. The Morgan fingerprint density at radius 1 is 1.33 bits per heavy atom. The Balaban J connectivity index is 2.28. The van der Waals surface area contributed by atoms with Crippen LogP contribution in [0.4, 0.5) is 0 Å². The highest BCUT2D eigenvalue weighted by molar-refractivity contribution is 5.28. The molecule has 1 unspecified atom stereocenters. The van der Waals surface area contributed by atoms with Crippen molar-refractivity contribution in [1.29, 1.82) is 0 Å². The second kappa shape index (κ2) is 5.70. The summed E-state index contributed by atoms with van der Waals surface area (Å²) < 4.78 is 5.19. The number of hydrogen-bond donors (Lipinski definition) is 0. The summed E-state index contributed by atoms with van der Waals surface area (Å²) in [6, 6.07) is 5.29. The molecule has 1 saturated heterocycles. The maximum atomic E-state index is 5.19. The van der Waals surface area contributed by atoms with Crippen LogP contribution in [0.25, 0.3) is 0 Å². The van der Waals surface area contributed by atoms with E-state index >= 15 is 0 Å². The van der Waals surface area contributed by atoms with Gasteiger partial charge in [0.05, 0.1) is 7.11 Å². The Morgan fingerprint density at radius 3 is 2.72 bits per heavy atom. The Hall–Kier alpha value is -1.09. The van der Waals surface area contributed by atoms with E-state index in [-0.39, 0.29) is 0 Å². The first-order valence-corrected chi connectivity index (χ1v) is 6.90. The molecule has 1 atom stereocenters. The molecule has 1 aliphatic rings. The topological polar surface area (TPSA) is 25.4 Å². The molecule has 0 spiro atoms. The van der Waals surface area contributed by atoms with Crippen molar-refractivity contribution in [2.24, 2.45) is 0 Å². The standard InChI is InChI=1S/C15H24N2O/c1-11(2)17-10-6-5-7-14(17)13-8-9-15(18-4)16-12(13)3/h8-9,11,14H,5-7,10H2,1-4H3. The summed E-state index contributed by atoms with van der Waals surface area (Å²) in [7, 11) is 1.67. The average molecular weight is 248 g/mol. The first-order valence-electron chi connectivity index (χ1n) is 6.90. The Kier molecular flexibility index (Phi) is 4.23. The zero-order valence-electron chi connectivity index (χ0n) is 11.9. The summed E-state index contributed by atoms with van der Waals surface area (Å²) in [5, 5.41) is 0. The zero-order chi connectivity index (χ0) is 13.1. The van der Waals surface area contributed by atoms with E-state index in [1.165, 1.54) is 31.4 Å². The quantitative estimate of drug-likeness (QED) is 0.820. The molecule has 2 rings (SSSR count). The summed E-state index contributed by atoms with van der Waals surface area (Å²) in [6.07, 6.45) is 3.88. The van der Waals surface area contributed by atoms with E-state index in [0.717, 1.165) is 5.69 Å². The van der Waals surface area contributed by atoms with Crippen LogP contribution in [0.5, 0.6) is 5.88 Å². The minimum absolute atomic E-state index is 0.525. The summed E-state index contributed by atoms with van der Waals surface area (Å²) in [4.78, 5) is 7.11. The molecule has 2 heterocycles. The highest BCUT2D eigenvalue weighted by atomic mass is 16.5. The van der Waals surface area contributed by atoms with Gasteiger partial charge in [-0.05, 0) is 45.7 Å². The molecule has 1 aromatic rings. The fourth-order valence-electron chi connectivity index (χ4n) is 2.92. The monoisotopic (exact) mass is 248 g/mol. The number of nitrogens with zero attached hydrogens (tertiary/aromatic N) is 2. The molecule has 3 heteroatoms. The lowest BCUT2D eigenvalue weighted by Gasteiger charge is -2.39. The summed E-state index contributed by atoms with van der Waals surface area (Å²) >= 11 is 0. The lowest BCUT2D eigenvalue weighted by atomic mass is 9.93. The number of hydrogen-bond acceptors (Lipinski definition) is 3. The van der Waals surface area contributed by atoms with Crippen LogP contribution in [-0.2, 0) is 0 Å². The lowest BCUT2D eigenvalue weighted by molar-refractivity contribution is 0.111. The lowest BCUT2D eigenvalue weighted by Crippen LogP contribution is -2.38. The molecule has 0 aliphatic carbocycles. The van der Waals surface area contributed by atoms with E-state index in [1.807, 2.05) is 6.07 Å². The molecule has 100 valence electrons. The van der Waals surface area contributed by atoms with Crippen molar-refractivity contribution in [3.63, 3.8) is 0 Å². The van der Waals surface area contributed by atoms with Gasteiger partial charge in [-0.15, -0.1) is 0 Å². The van der Waals surface area contributed by atoms with E-state index in [4.69, 9.17) is 4.74 Å². The maximum absolute atomic E-state index is 5.19. The van der Waals surface area contributed by atoms with Crippen LogP contribution < -0.4 is 4.74 Å². The molecule has 1 fully saturated rings. The van der Waals surface area contributed by atoms with Crippen LogP contribution in [0, 0.1) is 6.92 Å². The zero-order valence-corrected chi connectivity index (χ0v) is 11.9. The SMILES string of the molecule is COc1ccc(C2CCCCN2C(C)C)c(C)n1. The minimum Gasteiger partial charge on any atom is -0.481 e. The number of likely N-dealkylation sites (tertiary alicyclic amines) is 1. The second-order valence-electron chi connectivity index (χ2n) is 5.37. The van der Waals surface area contributed by atoms with Crippen molar-refractivity contribution in [2.75, 3.05) is 13.7 Å². The summed E-state index contributed by atoms with van der Waals surface area (Å²) in [5.74, 6) is 0.711. The smallest absolute Gasteiger partial charge is 0.213 e. The first kappa shape index (κ1) is 13.3. The van der Waals surface area contributed by atoms with Crippen LogP contribution in [0.1, 0.15) is 50.4 Å². The predicted molar refractivity (Wildman–Crippen MR) is 74.0 cm³/mol. The second-order valence-corrected chi connectivity index (χ2v) is 5.37. The number of pyridine rings is 1. The normalized spacial score (nSPS) is 21.3. The van der Waals surface area contributed by atoms with Crippen LogP contribution in [0.3, 0.4) is 0 Å². The molecule has 0 N–H and O–H groups in total. The van der Waals surface area contributed by atoms with E-state index in [1.54, 1.807) is 7.11 Å². The van der Waals surface area contributed by atoms with Crippen LogP contribution >= 0.6 is 0 Å². The van der Waals surface area contributed by atoms with Crippen molar-refractivity contribution in [2.45, 2.75) is 52.1 Å². The molecule has 3 nitrogen and oxygen atoms in total.